The van der Waals surface area contributed by atoms with Crippen molar-refractivity contribution in [2.75, 3.05) is 29.9 Å². The van der Waals surface area contributed by atoms with Gasteiger partial charge in [0.05, 0.1) is 23.4 Å². The third-order valence-electron chi connectivity index (χ3n) is 6.69. The zero-order valence-corrected chi connectivity index (χ0v) is 21.8. The van der Waals surface area contributed by atoms with Crippen molar-refractivity contribution in [1.29, 1.82) is 0 Å². The van der Waals surface area contributed by atoms with Crippen molar-refractivity contribution in [1.82, 2.24) is 4.90 Å². The zero-order valence-electron chi connectivity index (χ0n) is 21.8. The maximum Gasteiger partial charge on any atom is 0.267 e. The first-order valence-corrected chi connectivity index (χ1v) is 12.9. The number of hydrogen-bond acceptors (Lipinski definition) is 6. The Hall–Kier alpha value is -4.66. The Balaban J connectivity index is 1.16. The lowest BCUT2D eigenvalue weighted by Crippen LogP contribution is -2.46. The van der Waals surface area contributed by atoms with E-state index in [1.54, 1.807) is 54.3 Å². The van der Waals surface area contributed by atoms with E-state index in [-0.39, 0.29) is 36.6 Å². The number of rotatable bonds is 9. The van der Waals surface area contributed by atoms with Gasteiger partial charge in [0.25, 0.3) is 17.7 Å². The Morgan fingerprint density at radius 2 is 1.67 bits per heavy atom. The number of aryl methyl sites for hydroxylation is 1. The smallest absolute Gasteiger partial charge is 0.267 e. The summed E-state index contributed by atoms with van der Waals surface area (Å²) in [5.74, 6) is 0.141. The highest BCUT2D eigenvalue weighted by Gasteiger charge is 2.35. The zero-order chi connectivity index (χ0) is 27.5. The molecule has 0 aliphatic carbocycles. The van der Waals surface area contributed by atoms with Crippen molar-refractivity contribution < 1.29 is 28.7 Å². The van der Waals surface area contributed by atoms with Gasteiger partial charge in [0.1, 0.15) is 18.1 Å². The molecule has 2 aliphatic heterocycles. The standard InChI is InChI=1S/C30H29N3O6/c1-19-7-5-8-22(17-19)38-16-15-32-25-13-12-21(18-26(25)39-20(2)28(32)35)31-27(34)11-6-14-33-29(36)23-9-3-4-10-24(23)30(33)37/h3-5,7-10,12-13,17-18,20H,6,11,14-16H2,1-2H3,(H,31,34). The Labute approximate surface area is 226 Å². The summed E-state index contributed by atoms with van der Waals surface area (Å²) in [4.78, 5) is 53.2. The molecule has 0 saturated carbocycles. The van der Waals surface area contributed by atoms with Gasteiger partial charge in [-0.3, -0.25) is 24.1 Å². The fraction of sp³-hybridized carbons (Fsp3) is 0.267. The van der Waals surface area contributed by atoms with E-state index < -0.39 is 6.10 Å². The lowest BCUT2D eigenvalue weighted by molar-refractivity contribution is -0.125. The number of fused-ring (bicyclic) bond motifs is 2. The summed E-state index contributed by atoms with van der Waals surface area (Å²) in [6, 6.07) is 19.6. The number of nitrogens with one attached hydrogen (secondary N) is 1. The average molecular weight is 528 g/mol. The molecule has 5 rings (SSSR count). The van der Waals surface area contributed by atoms with Crippen molar-refractivity contribution in [3.05, 3.63) is 83.4 Å². The minimum absolute atomic E-state index is 0.128. The minimum atomic E-state index is -0.679. The lowest BCUT2D eigenvalue weighted by atomic mass is 10.1. The molecular weight excluding hydrogens is 498 g/mol. The first kappa shape index (κ1) is 26.0. The third-order valence-corrected chi connectivity index (χ3v) is 6.69. The second-order valence-corrected chi connectivity index (χ2v) is 9.56. The molecule has 9 heteroatoms. The molecule has 0 fully saturated rings. The van der Waals surface area contributed by atoms with Crippen molar-refractivity contribution in [2.45, 2.75) is 32.8 Å². The fourth-order valence-electron chi connectivity index (χ4n) is 4.74. The molecule has 3 aromatic carbocycles. The van der Waals surface area contributed by atoms with E-state index in [1.807, 2.05) is 31.2 Å². The van der Waals surface area contributed by atoms with E-state index in [9.17, 15) is 19.2 Å². The summed E-state index contributed by atoms with van der Waals surface area (Å²) in [6.07, 6.45) is -0.219. The van der Waals surface area contributed by atoms with E-state index in [1.165, 1.54) is 4.90 Å². The Morgan fingerprint density at radius 1 is 0.923 bits per heavy atom. The van der Waals surface area contributed by atoms with Gasteiger partial charge in [0.2, 0.25) is 5.91 Å². The molecule has 0 radical (unpaired) electrons. The second kappa shape index (κ2) is 11.0. The van der Waals surface area contributed by atoms with Crippen molar-refractivity contribution in [3.63, 3.8) is 0 Å². The molecule has 2 aliphatic rings. The van der Waals surface area contributed by atoms with Crippen LogP contribution in [-0.4, -0.2) is 54.3 Å². The molecule has 1 N–H and O–H groups in total. The van der Waals surface area contributed by atoms with Crippen LogP contribution in [0.4, 0.5) is 11.4 Å². The summed E-state index contributed by atoms with van der Waals surface area (Å²) in [7, 11) is 0. The molecule has 3 aromatic rings. The van der Waals surface area contributed by atoms with Crippen LogP contribution in [-0.2, 0) is 9.59 Å². The van der Waals surface area contributed by atoms with Crippen LogP contribution in [0.25, 0.3) is 0 Å². The number of benzene rings is 3. The van der Waals surface area contributed by atoms with E-state index in [0.29, 0.717) is 47.8 Å². The molecule has 1 atom stereocenters. The SMILES string of the molecule is Cc1cccc(OCCN2C(=O)C(C)Oc3cc(NC(=O)CCCN4C(=O)c5ccccc5C4=O)ccc32)c1. The largest absolute Gasteiger partial charge is 0.492 e. The molecule has 39 heavy (non-hydrogen) atoms. The maximum absolute atomic E-state index is 12.8. The molecule has 0 spiro atoms. The highest BCUT2D eigenvalue weighted by molar-refractivity contribution is 6.21. The van der Waals surface area contributed by atoms with Crippen LogP contribution in [0.3, 0.4) is 0 Å². The van der Waals surface area contributed by atoms with Gasteiger partial charge in [0.15, 0.2) is 6.10 Å². The van der Waals surface area contributed by atoms with Gasteiger partial charge in [-0.1, -0.05) is 24.3 Å². The quantitative estimate of drug-likeness (QED) is 0.418. The van der Waals surface area contributed by atoms with Crippen LogP contribution >= 0.6 is 0 Å². The van der Waals surface area contributed by atoms with Gasteiger partial charge >= 0.3 is 0 Å². The van der Waals surface area contributed by atoms with Crippen LogP contribution in [0.15, 0.2) is 66.7 Å². The molecule has 2 heterocycles. The van der Waals surface area contributed by atoms with E-state index in [4.69, 9.17) is 9.47 Å². The molecule has 0 aromatic heterocycles. The second-order valence-electron chi connectivity index (χ2n) is 9.56. The monoisotopic (exact) mass is 527 g/mol. The fourth-order valence-corrected chi connectivity index (χ4v) is 4.74. The van der Waals surface area contributed by atoms with Crippen molar-refractivity contribution >= 4 is 35.0 Å². The molecule has 0 saturated heterocycles. The van der Waals surface area contributed by atoms with E-state index >= 15 is 0 Å². The predicted octanol–water partition coefficient (Wildman–Crippen LogP) is 4.20. The van der Waals surface area contributed by atoms with Crippen LogP contribution in [0, 0.1) is 6.92 Å². The summed E-state index contributed by atoms with van der Waals surface area (Å²) >= 11 is 0. The first-order chi connectivity index (χ1) is 18.8. The summed E-state index contributed by atoms with van der Waals surface area (Å²) in [5.41, 5.74) is 3.01. The Bertz CT molecular complexity index is 1420. The number of nitrogens with zero attached hydrogens (tertiary/aromatic N) is 2. The van der Waals surface area contributed by atoms with Gasteiger partial charge in [-0.15, -0.1) is 0 Å². The maximum atomic E-state index is 12.8. The number of carbonyl (C=O) groups is 4. The van der Waals surface area contributed by atoms with Crippen molar-refractivity contribution in [2.24, 2.45) is 0 Å². The lowest BCUT2D eigenvalue weighted by Gasteiger charge is -2.33. The van der Waals surface area contributed by atoms with Crippen LogP contribution in [0.2, 0.25) is 0 Å². The first-order valence-electron chi connectivity index (χ1n) is 12.9. The number of carbonyl (C=O) groups excluding carboxylic acids is 4. The number of ether oxygens (including phenoxy) is 2. The molecule has 0 bridgehead atoms. The number of hydrogen-bond donors (Lipinski definition) is 1. The van der Waals surface area contributed by atoms with Crippen LogP contribution in [0.5, 0.6) is 11.5 Å². The van der Waals surface area contributed by atoms with Crippen LogP contribution in [0.1, 0.15) is 46.0 Å². The Morgan fingerprint density at radius 3 is 2.38 bits per heavy atom. The average Bonchev–Trinajstić information content (AvgIpc) is 3.16. The number of anilines is 2. The minimum Gasteiger partial charge on any atom is -0.492 e. The highest BCUT2D eigenvalue weighted by Crippen LogP contribution is 2.36. The normalized spacial score (nSPS) is 16.1. The van der Waals surface area contributed by atoms with E-state index in [2.05, 4.69) is 5.32 Å². The molecule has 200 valence electrons. The van der Waals surface area contributed by atoms with Gasteiger partial charge in [-0.25, -0.2) is 0 Å². The summed E-state index contributed by atoms with van der Waals surface area (Å²) < 4.78 is 11.6. The van der Waals surface area contributed by atoms with Gasteiger partial charge in [-0.05, 0) is 62.2 Å². The summed E-state index contributed by atoms with van der Waals surface area (Å²) in [5, 5.41) is 2.83. The van der Waals surface area contributed by atoms with Gasteiger partial charge in [0, 0.05) is 24.7 Å². The van der Waals surface area contributed by atoms with E-state index in [0.717, 1.165) is 11.3 Å². The predicted molar refractivity (Wildman–Crippen MR) is 145 cm³/mol. The number of imide groups is 1. The molecular formula is C30H29N3O6. The third kappa shape index (κ3) is 5.47. The summed E-state index contributed by atoms with van der Waals surface area (Å²) in [6.45, 7) is 4.49. The molecule has 9 nitrogen and oxygen atoms in total. The van der Waals surface area contributed by atoms with Gasteiger partial charge in [-0.2, -0.15) is 0 Å². The van der Waals surface area contributed by atoms with Crippen molar-refractivity contribution in [3.8, 4) is 11.5 Å². The van der Waals surface area contributed by atoms with Crippen LogP contribution < -0.4 is 19.7 Å². The molecule has 4 amide bonds. The molecule has 1 unspecified atom stereocenters. The number of amides is 4. The van der Waals surface area contributed by atoms with Gasteiger partial charge < -0.3 is 19.7 Å². The topological polar surface area (TPSA) is 105 Å². The Kier molecular flexibility index (Phi) is 7.31. The highest BCUT2D eigenvalue weighted by atomic mass is 16.5.